The van der Waals surface area contributed by atoms with Gasteiger partial charge in [-0.3, -0.25) is 0 Å². The van der Waals surface area contributed by atoms with Crippen molar-refractivity contribution in [2.45, 2.75) is 27.1 Å². The highest BCUT2D eigenvalue weighted by molar-refractivity contribution is 5.82. The molecule has 1 heterocycles. The van der Waals surface area contributed by atoms with Crippen LogP contribution >= 0.6 is 0 Å². The van der Waals surface area contributed by atoms with Gasteiger partial charge < -0.3 is 20.2 Å². The standard InChI is InChI=1S/C15H21NO2.H3N/c1-5-17-15(18-6-2)14-10-12-8-7-11(3)9-13(12)16(14)4;/h7-10,15H,5-6H2,1-4H3;1H3. The zero-order valence-electron chi connectivity index (χ0n) is 12.3. The van der Waals surface area contributed by atoms with Crippen LogP contribution in [0.5, 0.6) is 0 Å². The van der Waals surface area contributed by atoms with Crippen molar-refractivity contribution in [2.75, 3.05) is 13.2 Å². The molecule has 2 aromatic rings. The van der Waals surface area contributed by atoms with Crippen LogP contribution in [0, 0.1) is 6.92 Å². The van der Waals surface area contributed by atoms with E-state index in [1.807, 2.05) is 13.8 Å². The van der Waals surface area contributed by atoms with Gasteiger partial charge in [0.05, 0.1) is 5.69 Å². The van der Waals surface area contributed by atoms with Crippen LogP contribution in [-0.2, 0) is 16.5 Å². The Hall–Kier alpha value is -1.36. The quantitative estimate of drug-likeness (QED) is 0.837. The largest absolute Gasteiger partial charge is 0.347 e. The molecule has 1 aromatic heterocycles. The highest BCUT2D eigenvalue weighted by atomic mass is 16.7. The predicted octanol–water partition coefficient (Wildman–Crippen LogP) is 3.72. The second-order valence-electron chi connectivity index (χ2n) is 4.43. The zero-order valence-corrected chi connectivity index (χ0v) is 12.3. The summed E-state index contributed by atoms with van der Waals surface area (Å²) in [6, 6.07) is 8.60. The van der Waals surface area contributed by atoms with Crippen LogP contribution in [0.3, 0.4) is 0 Å². The lowest BCUT2D eigenvalue weighted by atomic mass is 10.2. The summed E-state index contributed by atoms with van der Waals surface area (Å²) in [4.78, 5) is 0. The molecule has 0 spiro atoms. The van der Waals surface area contributed by atoms with Crippen molar-refractivity contribution < 1.29 is 9.47 Å². The van der Waals surface area contributed by atoms with Gasteiger partial charge in [-0.25, -0.2) is 0 Å². The fourth-order valence-corrected chi connectivity index (χ4v) is 2.21. The number of ether oxygens (including phenoxy) is 2. The Morgan fingerprint density at radius 1 is 1.11 bits per heavy atom. The molecule has 0 saturated carbocycles. The summed E-state index contributed by atoms with van der Waals surface area (Å²) in [5.41, 5.74) is 3.55. The first-order valence-corrected chi connectivity index (χ1v) is 6.46. The van der Waals surface area contributed by atoms with Gasteiger partial charge in [0.25, 0.3) is 0 Å². The Morgan fingerprint density at radius 3 is 2.32 bits per heavy atom. The number of aryl methyl sites for hydroxylation is 2. The Balaban J connectivity index is 0.00000180. The lowest BCUT2D eigenvalue weighted by Crippen LogP contribution is -2.12. The second kappa shape index (κ2) is 6.70. The van der Waals surface area contributed by atoms with E-state index in [0.717, 1.165) is 5.69 Å². The van der Waals surface area contributed by atoms with E-state index >= 15 is 0 Å². The fraction of sp³-hybridized carbons (Fsp3) is 0.467. The van der Waals surface area contributed by atoms with Crippen LogP contribution in [0.4, 0.5) is 0 Å². The van der Waals surface area contributed by atoms with Crippen LogP contribution in [0.2, 0.25) is 0 Å². The summed E-state index contributed by atoms with van der Waals surface area (Å²) in [6.07, 6.45) is -0.280. The van der Waals surface area contributed by atoms with Crippen LogP contribution in [0.15, 0.2) is 24.3 Å². The molecule has 0 atom stereocenters. The van der Waals surface area contributed by atoms with E-state index in [0.29, 0.717) is 13.2 Å². The molecule has 0 aliphatic rings. The third-order valence-corrected chi connectivity index (χ3v) is 3.12. The van der Waals surface area contributed by atoms with Crippen molar-refractivity contribution >= 4 is 10.9 Å². The highest BCUT2D eigenvalue weighted by Gasteiger charge is 2.17. The molecule has 4 nitrogen and oxygen atoms in total. The molecule has 0 fully saturated rings. The van der Waals surface area contributed by atoms with Crippen molar-refractivity contribution in [1.29, 1.82) is 0 Å². The molecule has 0 aliphatic heterocycles. The normalized spacial score (nSPS) is 11.0. The summed E-state index contributed by atoms with van der Waals surface area (Å²) in [7, 11) is 2.06. The van der Waals surface area contributed by atoms with Crippen LogP contribution in [0.1, 0.15) is 31.4 Å². The maximum Gasteiger partial charge on any atom is 0.199 e. The summed E-state index contributed by atoms with van der Waals surface area (Å²) < 4.78 is 13.5. The van der Waals surface area contributed by atoms with Gasteiger partial charge in [0.15, 0.2) is 6.29 Å². The van der Waals surface area contributed by atoms with Crippen LogP contribution in [-0.4, -0.2) is 17.8 Å². The smallest absolute Gasteiger partial charge is 0.199 e. The number of hydrogen-bond acceptors (Lipinski definition) is 3. The van der Waals surface area contributed by atoms with Crippen molar-refractivity contribution in [3.8, 4) is 0 Å². The Bertz CT molecular complexity index is 528. The van der Waals surface area contributed by atoms with Gasteiger partial charge in [-0.15, -0.1) is 0 Å². The maximum atomic E-state index is 5.67. The van der Waals surface area contributed by atoms with E-state index in [9.17, 15) is 0 Å². The Labute approximate surface area is 114 Å². The van der Waals surface area contributed by atoms with E-state index < -0.39 is 0 Å². The molecule has 1 aromatic carbocycles. The van der Waals surface area contributed by atoms with Crippen molar-refractivity contribution in [3.05, 3.63) is 35.5 Å². The van der Waals surface area contributed by atoms with Gasteiger partial charge in [-0.1, -0.05) is 12.1 Å². The topological polar surface area (TPSA) is 58.4 Å². The highest BCUT2D eigenvalue weighted by Crippen LogP contribution is 2.27. The number of rotatable bonds is 5. The minimum Gasteiger partial charge on any atom is -0.347 e. The Kier molecular flexibility index (Phi) is 5.54. The molecular formula is C15H24N2O2. The van der Waals surface area contributed by atoms with Gasteiger partial charge in [0.1, 0.15) is 0 Å². The molecule has 19 heavy (non-hydrogen) atoms. The lowest BCUT2D eigenvalue weighted by Gasteiger charge is -2.17. The van der Waals surface area contributed by atoms with Crippen LogP contribution < -0.4 is 6.15 Å². The van der Waals surface area contributed by atoms with Crippen molar-refractivity contribution in [3.63, 3.8) is 0 Å². The molecular weight excluding hydrogens is 240 g/mol. The SMILES string of the molecule is CCOC(OCC)c1cc2ccc(C)cc2n1C.N. The molecule has 0 unspecified atom stereocenters. The molecule has 2 rings (SSSR count). The molecule has 0 bridgehead atoms. The summed E-state index contributed by atoms with van der Waals surface area (Å²) in [6.45, 7) is 7.36. The first-order chi connectivity index (χ1) is 8.67. The van der Waals surface area contributed by atoms with Gasteiger partial charge in [0.2, 0.25) is 0 Å². The number of fused-ring (bicyclic) bond motifs is 1. The van der Waals surface area contributed by atoms with E-state index in [4.69, 9.17) is 9.47 Å². The molecule has 4 heteroatoms. The van der Waals surface area contributed by atoms with Crippen molar-refractivity contribution in [1.82, 2.24) is 10.7 Å². The molecule has 106 valence electrons. The molecule has 0 radical (unpaired) electrons. The van der Waals surface area contributed by atoms with E-state index in [1.54, 1.807) is 0 Å². The zero-order chi connectivity index (χ0) is 13.1. The molecule has 0 aliphatic carbocycles. The van der Waals surface area contributed by atoms with E-state index in [2.05, 4.69) is 42.8 Å². The maximum absolute atomic E-state index is 5.67. The average molecular weight is 264 g/mol. The summed E-state index contributed by atoms with van der Waals surface area (Å²) in [5.74, 6) is 0. The lowest BCUT2D eigenvalue weighted by molar-refractivity contribution is -0.143. The number of benzene rings is 1. The third kappa shape index (κ3) is 3.15. The average Bonchev–Trinajstić information content (AvgIpc) is 2.67. The second-order valence-corrected chi connectivity index (χ2v) is 4.43. The predicted molar refractivity (Wildman–Crippen MR) is 78.7 cm³/mol. The molecule has 0 saturated heterocycles. The van der Waals surface area contributed by atoms with E-state index in [-0.39, 0.29) is 12.4 Å². The fourth-order valence-electron chi connectivity index (χ4n) is 2.21. The van der Waals surface area contributed by atoms with Gasteiger partial charge in [-0.2, -0.15) is 0 Å². The Morgan fingerprint density at radius 2 is 1.74 bits per heavy atom. The first kappa shape index (κ1) is 15.7. The van der Waals surface area contributed by atoms with Gasteiger partial charge in [-0.05, 0) is 38.5 Å². The van der Waals surface area contributed by atoms with E-state index in [1.165, 1.54) is 16.5 Å². The van der Waals surface area contributed by atoms with Crippen LogP contribution in [0.25, 0.3) is 10.9 Å². The van der Waals surface area contributed by atoms with Crippen molar-refractivity contribution in [2.24, 2.45) is 7.05 Å². The minimum absolute atomic E-state index is 0. The molecule has 0 amide bonds. The number of nitrogens with zero attached hydrogens (tertiary/aromatic N) is 1. The number of aromatic nitrogens is 1. The minimum atomic E-state index is -0.280. The summed E-state index contributed by atoms with van der Waals surface area (Å²) >= 11 is 0. The molecule has 3 N–H and O–H groups in total. The van der Waals surface area contributed by atoms with Gasteiger partial charge >= 0.3 is 0 Å². The number of hydrogen-bond donors (Lipinski definition) is 1. The third-order valence-electron chi connectivity index (χ3n) is 3.12. The first-order valence-electron chi connectivity index (χ1n) is 6.46. The van der Waals surface area contributed by atoms with Gasteiger partial charge in [0, 0.05) is 31.2 Å². The summed E-state index contributed by atoms with van der Waals surface area (Å²) in [5, 5.41) is 1.22. The monoisotopic (exact) mass is 264 g/mol.